The molecular weight excluding hydrogens is 374 g/mol. The Morgan fingerprint density at radius 2 is 1.90 bits per heavy atom. The molecule has 3 heterocycles. The van der Waals surface area contributed by atoms with Crippen LogP contribution in [0.1, 0.15) is 41.3 Å². The molecule has 2 aliphatic rings. The molecule has 5 nitrogen and oxygen atoms in total. The van der Waals surface area contributed by atoms with Crippen molar-refractivity contribution in [2.24, 2.45) is 5.92 Å². The Kier molecular flexibility index (Phi) is 4.78. The van der Waals surface area contributed by atoms with E-state index >= 15 is 0 Å². The molecule has 2 aromatic carbocycles. The van der Waals surface area contributed by atoms with Gasteiger partial charge in [0.1, 0.15) is 5.75 Å². The first kappa shape index (κ1) is 19.2. The number of aromatic amines is 1. The minimum atomic E-state index is -0.194. The number of hydrogen-bond acceptors (Lipinski definition) is 3. The van der Waals surface area contributed by atoms with Gasteiger partial charge in [-0.1, -0.05) is 23.8 Å². The van der Waals surface area contributed by atoms with Gasteiger partial charge < -0.3 is 19.9 Å². The molecule has 0 spiro atoms. The molecule has 156 valence electrons. The van der Waals surface area contributed by atoms with Gasteiger partial charge in [0.15, 0.2) is 0 Å². The molecule has 3 aromatic rings. The summed E-state index contributed by atoms with van der Waals surface area (Å²) in [4.78, 5) is 21.6. The predicted molar refractivity (Wildman–Crippen MR) is 119 cm³/mol. The zero-order valence-corrected chi connectivity index (χ0v) is 17.7. The summed E-state index contributed by atoms with van der Waals surface area (Å²) in [5, 5.41) is 11.4. The summed E-state index contributed by atoms with van der Waals surface area (Å²) in [5.74, 6) is 0.560. The van der Waals surface area contributed by atoms with Crippen molar-refractivity contribution in [3.63, 3.8) is 0 Å². The lowest BCUT2D eigenvalue weighted by Gasteiger charge is -2.39. The van der Waals surface area contributed by atoms with Crippen molar-refractivity contribution in [3.05, 3.63) is 64.8 Å². The molecule has 5 heteroatoms. The summed E-state index contributed by atoms with van der Waals surface area (Å²) in [6.07, 6.45) is 2.68. The fourth-order valence-electron chi connectivity index (χ4n) is 5.17. The number of phenolic OH excluding ortho intramolecular Hbond substituents is 1. The highest BCUT2D eigenvalue weighted by molar-refractivity contribution is 5.87. The molecule has 0 radical (unpaired) electrons. The quantitative estimate of drug-likeness (QED) is 0.680. The maximum atomic E-state index is 13.6. The number of carbonyl (C=O) groups excluding carboxylic acids is 1. The van der Waals surface area contributed by atoms with Crippen molar-refractivity contribution in [1.82, 2.24) is 14.8 Å². The summed E-state index contributed by atoms with van der Waals surface area (Å²) in [5.41, 5.74) is 5.70. The summed E-state index contributed by atoms with van der Waals surface area (Å²) < 4.78 is 0. The van der Waals surface area contributed by atoms with Gasteiger partial charge in [-0.15, -0.1) is 0 Å². The average Bonchev–Trinajstić information content (AvgIpc) is 3.11. The van der Waals surface area contributed by atoms with E-state index < -0.39 is 0 Å². The van der Waals surface area contributed by atoms with Crippen LogP contribution in [0, 0.1) is 12.8 Å². The van der Waals surface area contributed by atoms with Crippen LogP contribution in [0.5, 0.6) is 5.75 Å². The molecular formula is C25H29N3O2. The van der Waals surface area contributed by atoms with E-state index in [2.05, 4.69) is 47.0 Å². The van der Waals surface area contributed by atoms with E-state index in [1.165, 1.54) is 16.5 Å². The number of aryl methyl sites for hydroxylation is 1. The van der Waals surface area contributed by atoms with Crippen molar-refractivity contribution in [3.8, 4) is 5.75 Å². The number of likely N-dealkylation sites (tertiary alicyclic amines) is 1. The van der Waals surface area contributed by atoms with Crippen LogP contribution in [0.2, 0.25) is 0 Å². The predicted octanol–water partition coefficient (Wildman–Crippen LogP) is 4.00. The minimum Gasteiger partial charge on any atom is -0.508 e. The molecule has 1 saturated heterocycles. The van der Waals surface area contributed by atoms with Gasteiger partial charge in [-0.25, -0.2) is 0 Å². The van der Waals surface area contributed by atoms with Gasteiger partial charge >= 0.3 is 0 Å². The second kappa shape index (κ2) is 7.47. The highest BCUT2D eigenvalue weighted by atomic mass is 16.3. The number of aromatic hydroxyl groups is 1. The highest BCUT2D eigenvalue weighted by Gasteiger charge is 2.37. The molecule has 2 aliphatic heterocycles. The first-order valence-corrected chi connectivity index (χ1v) is 10.9. The van der Waals surface area contributed by atoms with E-state index in [1.807, 2.05) is 12.1 Å². The molecule has 1 fully saturated rings. The Hall–Kier alpha value is -2.79. The van der Waals surface area contributed by atoms with Gasteiger partial charge in [0.2, 0.25) is 5.91 Å². The Bertz CT molecular complexity index is 1090. The van der Waals surface area contributed by atoms with Gasteiger partial charge in [0, 0.05) is 29.1 Å². The lowest BCUT2D eigenvalue weighted by molar-refractivity contribution is -0.139. The van der Waals surface area contributed by atoms with Crippen molar-refractivity contribution < 1.29 is 9.90 Å². The monoisotopic (exact) mass is 403 g/mol. The van der Waals surface area contributed by atoms with Crippen molar-refractivity contribution in [1.29, 1.82) is 0 Å². The van der Waals surface area contributed by atoms with E-state index in [9.17, 15) is 9.90 Å². The Labute approximate surface area is 177 Å². The number of rotatable bonds is 2. The normalized spacial score (nSPS) is 20.5. The number of nitrogens with one attached hydrogen (secondary N) is 1. The first-order chi connectivity index (χ1) is 14.5. The standard InChI is InChI=1S/C25H29N3O2/c1-16-6-7-22-21(14-16)20-10-13-28(25(30)17-8-11-27(2)12-9-17)24(23(20)26-22)18-4-3-5-19(29)15-18/h3-7,14-15,17,24,26,29H,8-13H2,1-2H3. The van der Waals surface area contributed by atoms with Crippen LogP contribution in [0.25, 0.3) is 10.9 Å². The second-order valence-corrected chi connectivity index (χ2v) is 8.92. The summed E-state index contributed by atoms with van der Waals surface area (Å²) >= 11 is 0. The fourth-order valence-corrected chi connectivity index (χ4v) is 5.17. The number of phenols is 1. The summed E-state index contributed by atoms with van der Waals surface area (Å²) in [6, 6.07) is 13.7. The molecule has 1 aromatic heterocycles. The number of benzene rings is 2. The fraction of sp³-hybridized carbons (Fsp3) is 0.400. The largest absolute Gasteiger partial charge is 0.508 e. The van der Waals surface area contributed by atoms with Crippen LogP contribution < -0.4 is 0 Å². The molecule has 1 amide bonds. The van der Waals surface area contributed by atoms with Crippen LogP contribution in [0.3, 0.4) is 0 Å². The van der Waals surface area contributed by atoms with Crippen LogP contribution >= 0.6 is 0 Å². The number of nitrogens with zero attached hydrogens (tertiary/aromatic N) is 2. The lowest BCUT2D eigenvalue weighted by Crippen LogP contribution is -2.46. The zero-order chi connectivity index (χ0) is 20.8. The van der Waals surface area contributed by atoms with E-state index in [1.54, 1.807) is 12.1 Å². The Balaban J connectivity index is 1.59. The number of piperidine rings is 1. The van der Waals surface area contributed by atoms with E-state index in [0.29, 0.717) is 6.54 Å². The van der Waals surface area contributed by atoms with Gasteiger partial charge in [-0.2, -0.15) is 0 Å². The second-order valence-electron chi connectivity index (χ2n) is 8.92. The molecule has 2 N–H and O–H groups in total. The first-order valence-electron chi connectivity index (χ1n) is 10.9. The number of fused-ring (bicyclic) bond motifs is 3. The molecule has 0 bridgehead atoms. The van der Waals surface area contributed by atoms with Crippen LogP contribution in [-0.2, 0) is 11.2 Å². The average molecular weight is 404 g/mol. The Morgan fingerprint density at radius 1 is 1.10 bits per heavy atom. The minimum absolute atomic E-state index is 0.0779. The zero-order valence-electron chi connectivity index (χ0n) is 17.7. The van der Waals surface area contributed by atoms with Crippen LogP contribution in [0.4, 0.5) is 0 Å². The molecule has 1 atom stereocenters. The van der Waals surface area contributed by atoms with Crippen LogP contribution in [-0.4, -0.2) is 52.5 Å². The van der Waals surface area contributed by atoms with E-state index in [-0.39, 0.29) is 23.6 Å². The highest BCUT2D eigenvalue weighted by Crippen LogP contribution is 2.40. The van der Waals surface area contributed by atoms with Gasteiger partial charge in [-0.3, -0.25) is 4.79 Å². The molecule has 30 heavy (non-hydrogen) atoms. The molecule has 5 rings (SSSR count). The Morgan fingerprint density at radius 3 is 2.67 bits per heavy atom. The lowest BCUT2D eigenvalue weighted by atomic mass is 9.89. The third-order valence-electron chi connectivity index (χ3n) is 6.82. The summed E-state index contributed by atoms with van der Waals surface area (Å²) in [6.45, 7) is 4.76. The van der Waals surface area contributed by atoms with Gasteiger partial charge in [0.25, 0.3) is 0 Å². The van der Waals surface area contributed by atoms with E-state index in [0.717, 1.165) is 49.1 Å². The van der Waals surface area contributed by atoms with Gasteiger partial charge in [-0.05, 0) is 81.7 Å². The number of H-pyrrole nitrogens is 1. The number of hydrogen-bond donors (Lipinski definition) is 2. The van der Waals surface area contributed by atoms with Crippen molar-refractivity contribution >= 4 is 16.8 Å². The van der Waals surface area contributed by atoms with Gasteiger partial charge in [0.05, 0.1) is 6.04 Å². The number of amides is 1. The third-order valence-corrected chi connectivity index (χ3v) is 6.82. The smallest absolute Gasteiger partial charge is 0.226 e. The third kappa shape index (κ3) is 3.27. The molecule has 0 saturated carbocycles. The topological polar surface area (TPSA) is 59.6 Å². The van der Waals surface area contributed by atoms with E-state index in [4.69, 9.17) is 0 Å². The van der Waals surface area contributed by atoms with Crippen LogP contribution in [0.15, 0.2) is 42.5 Å². The van der Waals surface area contributed by atoms with Crippen molar-refractivity contribution in [2.75, 3.05) is 26.7 Å². The molecule has 0 aliphatic carbocycles. The maximum Gasteiger partial charge on any atom is 0.226 e. The summed E-state index contributed by atoms with van der Waals surface area (Å²) in [7, 11) is 2.12. The number of carbonyl (C=O) groups is 1. The molecule has 1 unspecified atom stereocenters. The maximum absolute atomic E-state index is 13.6. The van der Waals surface area contributed by atoms with Crippen molar-refractivity contribution in [2.45, 2.75) is 32.2 Å². The SMILES string of the molecule is Cc1ccc2[nH]c3c(c2c1)CCN(C(=O)C1CCN(C)CC1)C3c1cccc(O)c1. The number of aromatic nitrogens is 1.